The molecule has 0 aliphatic carbocycles. The maximum atomic E-state index is 10.8. The molecule has 0 fully saturated rings. The van der Waals surface area contributed by atoms with Crippen molar-refractivity contribution in [2.75, 3.05) is 26.0 Å². The molecule has 0 aromatic carbocycles. The zero-order valence-electron chi connectivity index (χ0n) is 11.5. The average Bonchev–Trinajstić information content (AvgIpc) is 2.25. The van der Waals surface area contributed by atoms with Gasteiger partial charge in [0, 0.05) is 18.3 Å². The summed E-state index contributed by atoms with van der Waals surface area (Å²) in [7, 11) is 4.00. The zero-order valence-corrected chi connectivity index (χ0v) is 11.5. The molecule has 0 saturated heterocycles. The molecular formula is C12H20N4O2. The number of anilines is 1. The van der Waals surface area contributed by atoms with E-state index in [9.17, 15) is 4.79 Å². The second-order valence-electron chi connectivity index (χ2n) is 5.06. The van der Waals surface area contributed by atoms with Crippen LogP contribution in [-0.2, 0) is 0 Å². The second-order valence-corrected chi connectivity index (χ2v) is 5.06. The lowest BCUT2D eigenvalue weighted by molar-refractivity contribution is 0.0695. The summed E-state index contributed by atoms with van der Waals surface area (Å²) < 4.78 is 0. The van der Waals surface area contributed by atoms with Gasteiger partial charge in [-0.3, -0.25) is 0 Å². The van der Waals surface area contributed by atoms with Crippen molar-refractivity contribution in [3.63, 3.8) is 0 Å². The predicted octanol–water partition coefficient (Wildman–Crippen LogP) is 1.24. The molecule has 0 spiro atoms. The second kappa shape index (κ2) is 5.30. The van der Waals surface area contributed by atoms with Crippen LogP contribution in [0.3, 0.4) is 0 Å². The summed E-state index contributed by atoms with van der Waals surface area (Å²) in [5.41, 5.74) is 0.554. The van der Waals surface area contributed by atoms with Gasteiger partial charge in [0.15, 0.2) is 0 Å². The highest BCUT2D eigenvalue weighted by Crippen LogP contribution is 2.12. The summed E-state index contributed by atoms with van der Waals surface area (Å²) in [5.74, 6) is -0.555. The van der Waals surface area contributed by atoms with Gasteiger partial charge >= 0.3 is 5.97 Å². The largest absolute Gasteiger partial charge is 0.478 e. The highest BCUT2D eigenvalue weighted by atomic mass is 16.4. The molecule has 0 radical (unpaired) electrons. The fourth-order valence-electron chi connectivity index (χ4n) is 1.22. The fourth-order valence-corrected chi connectivity index (χ4v) is 1.22. The van der Waals surface area contributed by atoms with Gasteiger partial charge in [-0.2, -0.15) is 0 Å². The van der Waals surface area contributed by atoms with E-state index < -0.39 is 5.97 Å². The highest BCUT2D eigenvalue weighted by molar-refractivity contribution is 5.88. The Bertz CT molecular complexity index is 444. The monoisotopic (exact) mass is 252 g/mol. The summed E-state index contributed by atoms with van der Waals surface area (Å²) in [4.78, 5) is 21.1. The number of hydrogen-bond acceptors (Lipinski definition) is 5. The molecule has 1 aromatic rings. The molecule has 0 amide bonds. The Morgan fingerprint density at radius 3 is 2.56 bits per heavy atom. The van der Waals surface area contributed by atoms with E-state index >= 15 is 0 Å². The number of aromatic carboxylic acids is 1. The molecule has 1 rings (SSSR count). The Balaban J connectivity index is 2.76. The van der Waals surface area contributed by atoms with Crippen LogP contribution >= 0.6 is 0 Å². The molecule has 6 nitrogen and oxygen atoms in total. The van der Waals surface area contributed by atoms with E-state index in [2.05, 4.69) is 34.0 Å². The van der Waals surface area contributed by atoms with Gasteiger partial charge in [0.25, 0.3) is 0 Å². The van der Waals surface area contributed by atoms with Gasteiger partial charge in [-0.1, -0.05) is 0 Å². The lowest BCUT2D eigenvalue weighted by atomic mass is 10.1. The van der Waals surface area contributed by atoms with Crippen molar-refractivity contribution in [3.8, 4) is 0 Å². The quantitative estimate of drug-likeness (QED) is 0.820. The molecule has 0 aliphatic heterocycles. The molecule has 2 N–H and O–H groups in total. The molecule has 1 heterocycles. The molecular weight excluding hydrogens is 232 g/mol. The van der Waals surface area contributed by atoms with Gasteiger partial charge in [-0.05, 0) is 34.9 Å². The molecule has 1 aromatic heterocycles. The summed E-state index contributed by atoms with van der Waals surface area (Å²) in [6, 6.07) is 0. The molecule has 0 atom stereocenters. The van der Waals surface area contributed by atoms with Crippen molar-refractivity contribution in [1.29, 1.82) is 0 Å². The van der Waals surface area contributed by atoms with Gasteiger partial charge in [0.1, 0.15) is 0 Å². The van der Waals surface area contributed by atoms with E-state index in [-0.39, 0.29) is 11.1 Å². The minimum atomic E-state index is -1.01. The lowest BCUT2D eigenvalue weighted by Crippen LogP contribution is -2.44. The Kier molecular flexibility index (Phi) is 4.24. The molecule has 0 saturated carbocycles. The van der Waals surface area contributed by atoms with Gasteiger partial charge in [-0.15, -0.1) is 0 Å². The van der Waals surface area contributed by atoms with E-state index in [1.54, 1.807) is 6.92 Å². The maximum absolute atomic E-state index is 10.8. The summed E-state index contributed by atoms with van der Waals surface area (Å²) >= 11 is 0. The van der Waals surface area contributed by atoms with Crippen LogP contribution in [0.4, 0.5) is 5.95 Å². The average molecular weight is 252 g/mol. The number of aromatic nitrogens is 2. The van der Waals surface area contributed by atoms with Crippen LogP contribution in [0.2, 0.25) is 0 Å². The Hall–Kier alpha value is -1.69. The Morgan fingerprint density at radius 1 is 1.50 bits per heavy atom. The first kappa shape index (κ1) is 14.4. The maximum Gasteiger partial charge on any atom is 0.339 e. The Labute approximate surface area is 107 Å². The number of aryl methyl sites for hydroxylation is 1. The van der Waals surface area contributed by atoms with Crippen molar-refractivity contribution in [3.05, 3.63) is 17.5 Å². The van der Waals surface area contributed by atoms with Crippen LogP contribution in [0.25, 0.3) is 0 Å². The zero-order chi connectivity index (χ0) is 13.9. The number of carboxylic acids is 1. The van der Waals surface area contributed by atoms with Crippen LogP contribution < -0.4 is 5.32 Å². The van der Waals surface area contributed by atoms with Gasteiger partial charge in [0.2, 0.25) is 5.95 Å². The summed E-state index contributed by atoms with van der Waals surface area (Å²) in [6.07, 6.45) is 1.33. The van der Waals surface area contributed by atoms with Crippen molar-refractivity contribution >= 4 is 11.9 Å². The third kappa shape index (κ3) is 3.40. The van der Waals surface area contributed by atoms with E-state index in [4.69, 9.17) is 5.11 Å². The van der Waals surface area contributed by atoms with Crippen LogP contribution in [0.15, 0.2) is 6.20 Å². The predicted molar refractivity (Wildman–Crippen MR) is 70.0 cm³/mol. The SMILES string of the molecule is Cc1nc(NCC(C)(C)N(C)C)ncc1C(=O)O. The van der Waals surface area contributed by atoms with Gasteiger partial charge in [0.05, 0.1) is 11.3 Å². The molecule has 18 heavy (non-hydrogen) atoms. The van der Waals surface area contributed by atoms with Gasteiger partial charge < -0.3 is 15.3 Å². The van der Waals surface area contributed by atoms with Gasteiger partial charge in [-0.25, -0.2) is 14.8 Å². The van der Waals surface area contributed by atoms with Crippen molar-refractivity contribution in [2.24, 2.45) is 0 Å². The first-order valence-corrected chi connectivity index (χ1v) is 5.72. The molecule has 0 aliphatic rings. The van der Waals surface area contributed by atoms with Crippen molar-refractivity contribution < 1.29 is 9.90 Å². The van der Waals surface area contributed by atoms with Crippen LogP contribution in [0.5, 0.6) is 0 Å². The third-order valence-corrected chi connectivity index (χ3v) is 3.10. The van der Waals surface area contributed by atoms with Crippen molar-refractivity contribution in [2.45, 2.75) is 26.3 Å². The van der Waals surface area contributed by atoms with Crippen LogP contribution in [-0.4, -0.2) is 52.1 Å². The first-order chi connectivity index (χ1) is 8.24. The highest BCUT2D eigenvalue weighted by Gasteiger charge is 2.20. The number of hydrogen-bond donors (Lipinski definition) is 2. The number of carboxylic acid groups (broad SMARTS) is 1. The van der Waals surface area contributed by atoms with Crippen LogP contribution in [0, 0.1) is 6.92 Å². The minimum Gasteiger partial charge on any atom is -0.478 e. The lowest BCUT2D eigenvalue weighted by Gasteiger charge is -2.32. The number of nitrogens with zero attached hydrogens (tertiary/aromatic N) is 3. The number of nitrogens with one attached hydrogen (secondary N) is 1. The number of likely N-dealkylation sites (N-methyl/N-ethyl adjacent to an activating group) is 1. The Morgan fingerprint density at radius 2 is 2.11 bits per heavy atom. The summed E-state index contributed by atoms with van der Waals surface area (Å²) in [6.45, 7) is 6.52. The molecule has 6 heteroatoms. The molecule has 0 bridgehead atoms. The molecule has 100 valence electrons. The fraction of sp³-hybridized carbons (Fsp3) is 0.583. The standard InChI is InChI=1S/C12H20N4O2/c1-8-9(10(17)18)6-13-11(15-8)14-7-12(2,3)16(4)5/h6H,7H2,1-5H3,(H,17,18)(H,13,14,15). The smallest absolute Gasteiger partial charge is 0.339 e. The van der Waals surface area contributed by atoms with E-state index in [0.29, 0.717) is 18.2 Å². The van der Waals surface area contributed by atoms with Crippen LogP contribution in [0.1, 0.15) is 29.9 Å². The third-order valence-electron chi connectivity index (χ3n) is 3.10. The minimum absolute atomic E-state index is 0.0390. The molecule has 0 unspecified atom stereocenters. The number of rotatable bonds is 5. The first-order valence-electron chi connectivity index (χ1n) is 5.72. The summed E-state index contributed by atoms with van der Waals surface area (Å²) in [5, 5.41) is 12.0. The topological polar surface area (TPSA) is 78.4 Å². The van der Waals surface area contributed by atoms with E-state index in [1.165, 1.54) is 6.20 Å². The van der Waals surface area contributed by atoms with E-state index in [1.807, 2.05) is 14.1 Å². The van der Waals surface area contributed by atoms with Crippen molar-refractivity contribution in [1.82, 2.24) is 14.9 Å². The van der Waals surface area contributed by atoms with E-state index in [0.717, 1.165) is 0 Å². The number of carbonyl (C=O) groups is 1. The normalized spacial score (nSPS) is 11.7.